The first-order valence-electron chi connectivity index (χ1n) is 9.17. The van der Waals surface area contributed by atoms with Crippen LogP contribution in [-0.2, 0) is 9.84 Å². The van der Waals surface area contributed by atoms with Gasteiger partial charge in [-0.2, -0.15) is 4.98 Å². The van der Waals surface area contributed by atoms with Crippen LogP contribution in [0.2, 0.25) is 0 Å². The molecule has 2 heterocycles. The molecule has 1 N–H and O–H groups in total. The lowest BCUT2D eigenvalue weighted by molar-refractivity contribution is 0.448. The molecular formula is C20H22N2O4S. The van der Waals surface area contributed by atoms with Gasteiger partial charge in [-0.15, -0.1) is 0 Å². The SMILES string of the molecule is Cc1ccc(S(=O)(=O)c2nc(-c3ccco3)oc2NC2CCCCC2)cc1. The van der Waals surface area contributed by atoms with Crippen molar-refractivity contribution in [2.24, 2.45) is 0 Å². The van der Waals surface area contributed by atoms with E-state index in [1.165, 1.54) is 12.7 Å². The molecule has 4 rings (SSSR count). The number of oxazole rings is 1. The van der Waals surface area contributed by atoms with E-state index >= 15 is 0 Å². The van der Waals surface area contributed by atoms with Crippen LogP contribution in [0.1, 0.15) is 37.7 Å². The Morgan fingerprint density at radius 1 is 1.07 bits per heavy atom. The van der Waals surface area contributed by atoms with Gasteiger partial charge in [0.2, 0.25) is 20.7 Å². The van der Waals surface area contributed by atoms with Crippen LogP contribution in [0.4, 0.5) is 5.88 Å². The average molecular weight is 386 g/mol. The van der Waals surface area contributed by atoms with Crippen molar-refractivity contribution < 1.29 is 17.3 Å². The molecule has 1 fully saturated rings. The lowest BCUT2D eigenvalue weighted by Gasteiger charge is -2.22. The van der Waals surface area contributed by atoms with Crippen LogP contribution < -0.4 is 5.32 Å². The van der Waals surface area contributed by atoms with E-state index in [0.29, 0.717) is 5.76 Å². The molecule has 0 spiro atoms. The highest BCUT2D eigenvalue weighted by Crippen LogP contribution is 2.34. The number of sulfone groups is 1. The molecule has 0 amide bonds. The highest BCUT2D eigenvalue weighted by molar-refractivity contribution is 7.91. The third-order valence-corrected chi connectivity index (χ3v) is 6.53. The van der Waals surface area contributed by atoms with E-state index in [2.05, 4.69) is 10.3 Å². The number of nitrogens with zero attached hydrogens (tertiary/aromatic N) is 1. The summed E-state index contributed by atoms with van der Waals surface area (Å²) in [5.41, 5.74) is 0.992. The van der Waals surface area contributed by atoms with Gasteiger partial charge in [0, 0.05) is 6.04 Å². The first-order chi connectivity index (χ1) is 13.0. The largest absolute Gasteiger partial charge is 0.459 e. The van der Waals surface area contributed by atoms with Gasteiger partial charge in [0.25, 0.3) is 5.89 Å². The van der Waals surface area contributed by atoms with Crippen LogP contribution in [0.15, 0.2) is 61.4 Å². The Hall–Kier alpha value is -2.54. The fourth-order valence-electron chi connectivity index (χ4n) is 3.35. The summed E-state index contributed by atoms with van der Waals surface area (Å²) in [6.07, 6.45) is 6.93. The molecule has 2 aromatic heterocycles. The molecule has 27 heavy (non-hydrogen) atoms. The van der Waals surface area contributed by atoms with Gasteiger partial charge in [0.05, 0.1) is 11.2 Å². The zero-order valence-corrected chi connectivity index (χ0v) is 16.0. The van der Waals surface area contributed by atoms with Crippen molar-refractivity contribution in [1.82, 2.24) is 4.98 Å². The van der Waals surface area contributed by atoms with Gasteiger partial charge >= 0.3 is 0 Å². The number of benzene rings is 1. The van der Waals surface area contributed by atoms with Gasteiger partial charge < -0.3 is 14.2 Å². The lowest BCUT2D eigenvalue weighted by atomic mass is 9.96. The summed E-state index contributed by atoms with van der Waals surface area (Å²) in [7, 11) is -3.82. The Morgan fingerprint density at radius 3 is 2.48 bits per heavy atom. The summed E-state index contributed by atoms with van der Waals surface area (Å²) >= 11 is 0. The molecule has 6 nitrogen and oxygen atoms in total. The normalized spacial score (nSPS) is 15.7. The Labute approximate surface area is 158 Å². The molecule has 1 aromatic carbocycles. The van der Waals surface area contributed by atoms with E-state index in [1.54, 1.807) is 36.4 Å². The van der Waals surface area contributed by atoms with E-state index in [9.17, 15) is 8.42 Å². The summed E-state index contributed by atoms with van der Waals surface area (Å²) in [5.74, 6) is 0.741. The first kappa shape index (κ1) is 17.9. The number of rotatable bonds is 5. The third-order valence-electron chi connectivity index (χ3n) is 4.85. The van der Waals surface area contributed by atoms with E-state index < -0.39 is 9.84 Å². The molecule has 0 atom stereocenters. The monoisotopic (exact) mass is 386 g/mol. The second-order valence-electron chi connectivity index (χ2n) is 6.93. The molecule has 1 saturated carbocycles. The van der Waals surface area contributed by atoms with Crippen molar-refractivity contribution >= 4 is 15.7 Å². The van der Waals surface area contributed by atoms with Crippen molar-refractivity contribution in [3.8, 4) is 11.7 Å². The lowest BCUT2D eigenvalue weighted by Crippen LogP contribution is -2.23. The van der Waals surface area contributed by atoms with E-state index in [-0.39, 0.29) is 27.7 Å². The molecule has 142 valence electrons. The van der Waals surface area contributed by atoms with E-state index in [1.807, 2.05) is 6.92 Å². The maximum Gasteiger partial charge on any atom is 0.266 e. The second kappa shape index (κ2) is 7.23. The van der Waals surface area contributed by atoms with Crippen LogP contribution in [0.5, 0.6) is 0 Å². The number of hydrogen-bond acceptors (Lipinski definition) is 6. The number of aryl methyl sites for hydroxylation is 1. The predicted molar refractivity (Wildman–Crippen MR) is 101 cm³/mol. The van der Waals surface area contributed by atoms with Crippen molar-refractivity contribution in [2.45, 2.75) is 55.0 Å². The minimum absolute atomic E-state index is 0.0941. The molecule has 3 aromatic rings. The number of nitrogens with one attached hydrogen (secondary N) is 1. The van der Waals surface area contributed by atoms with Crippen molar-refractivity contribution in [2.75, 3.05) is 5.32 Å². The molecule has 0 aliphatic heterocycles. The van der Waals surface area contributed by atoms with Gasteiger partial charge in [0.1, 0.15) is 0 Å². The van der Waals surface area contributed by atoms with Gasteiger partial charge in [-0.25, -0.2) is 8.42 Å². The molecule has 1 aliphatic rings. The molecule has 0 radical (unpaired) electrons. The average Bonchev–Trinajstić information content (AvgIpc) is 3.33. The molecule has 7 heteroatoms. The van der Waals surface area contributed by atoms with Crippen LogP contribution >= 0.6 is 0 Å². The molecule has 0 saturated heterocycles. The zero-order chi connectivity index (χ0) is 18.9. The summed E-state index contributed by atoms with van der Waals surface area (Å²) in [6.45, 7) is 1.91. The fourth-order valence-corrected chi connectivity index (χ4v) is 4.61. The van der Waals surface area contributed by atoms with E-state index in [0.717, 1.165) is 31.2 Å². The number of hydrogen-bond donors (Lipinski definition) is 1. The van der Waals surface area contributed by atoms with Crippen molar-refractivity contribution in [3.05, 3.63) is 48.2 Å². The van der Waals surface area contributed by atoms with Crippen LogP contribution in [0.25, 0.3) is 11.7 Å². The van der Waals surface area contributed by atoms with Gasteiger partial charge in [-0.3, -0.25) is 0 Å². The first-order valence-corrected chi connectivity index (χ1v) is 10.7. The molecule has 0 unspecified atom stereocenters. The Morgan fingerprint density at radius 2 is 1.81 bits per heavy atom. The number of furan rings is 1. The summed E-state index contributed by atoms with van der Waals surface area (Å²) in [4.78, 5) is 4.47. The number of aromatic nitrogens is 1. The zero-order valence-electron chi connectivity index (χ0n) is 15.1. The van der Waals surface area contributed by atoms with Crippen LogP contribution in [0, 0.1) is 6.92 Å². The third kappa shape index (κ3) is 3.64. The van der Waals surface area contributed by atoms with Gasteiger partial charge in [-0.05, 0) is 44.0 Å². The quantitative estimate of drug-likeness (QED) is 0.676. The molecule has 0 bridgehead atoms. The Bertz CT molecular complexity index is 999. The fraction of sp³-hybridized carbons (Fsp3) is 0.350. The maximum atomic E-state index is 13.2. The highest BCUT2D eigenvalue weighted by atomic mass is 32.2. The van der Waals surface area contributed by atoms with Crippen LogP contribution in [-0.4, -0.2) is 19.4 Å². The number of anilines is 1. The molecule has 1 aliphatic carbocycles. The summed E-state index contributed by atoms with van der Waals surface area (Å²) < 4.78 is 37.5. The Balaban J connectivity index is 1.76. The minimum atomic E-state index is -3.82. The van der Waals surface area contributed by atoms with Crippen molar-refractivity contribution in [3.63, 3.8) is 0 Å². The topological polar surface area (TPSA) is 85.3 Å². The highest BCUT2D eigenvalue weighted by Gasteiger charge is 2.30. The minimum Gasteiger partial charge on any atom is -0.459 e. The maximum absolute atomic E-state index is 13.2. The van der Waals surface area contributed by atoms with Crippen molar-refractivity contribution in [1.29, 1.82) is 0 Å². The van der Waals surface area contributed by atoms with Gasteiger partial charge in [-0.1, -0.05) is 37.0 Å². The smallest absolute Gasteiger partial charge is 0.266 e. The standard InChI is InChI=1S/C20H22N2O4S/c1-14-9-11-16(12-10-14)27(23,24)20-19(21-15-6-3-2-4-7-15)26-18(22-20)17-8-5-13-25-17/h5,8-13,15,21H,2-4,6-7H2,1H3. The predicted octanol–water partition coefficient (Wildman–Crippen LogP) is 4.82. The molecular weight excluding hydrogens is 364 g/mol. The van der Waals surface area contributed by atoms with Gasteiger partial charge in [0.15, 0.2) is 5.76 Å². The second-order valence-corrected chi connectivity index (χ2v) is 8.79. The summed E-state index contributed by atoms with van der Waals surface area (Å²) in [6, 6.07) is 10.3. The van der Waals surface area contributed by atoms with E-state index in [4.69, 9.17) is 8.83 Å². The van der Waals surface area contributed by atoms with Crippen LogP contribution in [0.3, 0.4) is 0 Å². The summed E-state index contributed by atoms with van der Waals surface area (Å²) in [5, 5.41) is 3.17. The Kier molecular flexibility index (Phi) is 4.78.